The van der Waals surface area contributed by atoms with Gasteiger partial charge in [0.25, 0.3) is 0 Å². The Balaban J connectivity index is 1.45. The van der Waals surface area contributed by atoms with E-state index in [1.807, 2.05) is 30.3 Å². The summed E-state index contributed by atoms with van der Waals surface area (Å²) in [6.45, 7) is 10.6. The van der Waals surface area contributed by atoms with Crippen molar-refractivity contribution in [1.82, 2.24) is 9.80 Å². The summed E-state index contributed by atoms with van der Waals surface area (Å²) in [6, 6.07) is 19.4. The predicted octanol–water partition coefficient (Wildman–Crippen LogP) is 5.21. The maximum atomic E-state index is 13.6. The molecule has 2 aliphatic heterocycles. The molecule has 184 valence electrons. The van der Waals surface area contributed by atoms with Crippen molar-refractivity contribution < 1.29 is 9.53 Å². The predicted molar refractivity (Wildman–Crippen MR) is 139 cm³/mol. The normalized spacial score (nSPS) is 18.5. The van der Waals surface area contributed by atoms with Crippen molar-refractivity contribution in [3.63, 3.8) is 0 Å². The van der Waals surface area contributed by atoms with Crippen molar-refractivity contribution in [2.24, 2.45) is 0 Å². The van der Waals surface area contributed by atoms with Crippen LogP contribution in [0.4, 0.5) is 16.2 Å². The highest BCUT2D eigenvalue weighted by molar-refractivity contribution is 5.90. The molecule has 0 aliphatic carbocycles. The summed E-state index contributed by atoms with van der Waals surface area (Å²) < 4.78 is 5.49. The van der Waals surface area contributed by atoms with Crippen LogP contribution in [0, 0.1) is 0 Å². The van der Waals surface area contributed by atoms with Gasteiger partial charge >= 0.3 is 6.03 Å². The smallest absolute Gasteiger partial charge is 0.322 e. The Bertz CT molecular complexity index is 892. The minimum Gasteiger partial charge on any atom is -0.378 e. The lowest BCUT2D eigenvalue weighted by atomic mass is 10.00. The first-order valence-corrected chi connectivity index (χ1v) is 12.9. The number of anilines is 2. The van der Waals surface area contributed by atoms with Gasteiger partial charge in [-0.1, -0.05) is 49.7 Å². The lowest BCUT2D eigenvalue weighted by Gasteiger charge is -2.40. The molecule has 0 bridgehead atoms. The molecule has 2 heterocycles. The standard InChI is InChI=1S/C28H40N4O2/c1-3-8-23(2)30-15-13-26(14-16-30)32(22-24-9-5-4-6-10-24)28(33)29-25-11-7-12-27(21-25)31-17-19-34-20-18-31/h4-7,9-12,21,23,26H,3,8,13-20,22H2,1-2H3,(H,29,33). The van der Waals surface area contributed by atoms with Crippen LogP contribution in [-0.2, 0) is 11.3 Å². The number of likely N-dealkylation sites (tertiary alicyclic amines) is 1. The van der Waals surface area contributed by atoms with E-state index >= 15 is 0 Å². The number of carbonyl (C=O) groups excluding carboxylic acids is 1. The van der Waals surface area contributed by atoms with Gasteiger partial charge in [0.15, 0.2) is 0 Å². The van der Waals surface area contributed by atoms with Crippen LogP contribution >= 0.6 is 0 Å². The van der Waals surface area contributed by atoms with Crippen LogP contribution in [0.2, 0.25) is 0 Å². The molecule has 2 aromatic carbocycles. The van der Waals surface area contributed by atoms with Crippen LogP contribution < -0.4 is 10.2 Å². The number of carbonyl (C=O) groups is 1. The number of hydrogen-bond donors (Lipinski definition) is 1. The van der Waals surface area contributed by atoms with Crippen LogP contribution in [0.3, 0.4) is 0 Å². The largest absolute Gasteiger partial charge is 0.378 e. The Morgan fingerprint density at radius 1 is 1.06 bits per heavy atom. The van der Waals surface area contributed by atoms with Gasteiger partial charge in [0.2, 0.25) is 0 Å². The molecule has 2 saturated heterocycles. The number of morpholine rings is 1. The van der Waals surface area contributed by atoms with E-state index in [-0.39, 0.29) is 12.1 Å². The van der Waals surface area contributed by atoms with Crippen molar-refractivity contribution in [2.75, 3.05) is 49.6 Å². The Labute approximate surface area is 204 Å². The van der Waals surface area contributed by atoms with Crippen molar-refractivity contribution in [1.29, 1.82) is 0 Å². The van der Waals surface area contributed by atoms with Crippen LogP contribution in [0.25, 0.3) is 0 Å². The summed E-state index contributed by atoms with van der Waals surface area (Å²) in [5.41, 5.74) is 3.15. The molecule has 2 fully saturated rings. The van der Waals surface area contributed by atoms with E-state index in [2.05, 4.69) is 58.1 Å². The first-order chi connectivity index (χ1) is 16.6. The lowest BCUT2D eigenvalue weighted by Crippen LogP contribution is -2.50. The Morgan fingerprint density at radius 2 is 1.79 bits per heavy atom. The molecule has 1 unspecified atom stereocenters. The highest BCUT2D eigenvalue weighted by Crippen LogP contribution is 2.25. The maximum Gasteiger partial charge on any atom is 0.322 e. The van der Waals surface area contributed by atoms with Gasteiger partial charge in [0.1, 0.15) is 0 Å². The fourth-order valence-electron chi connectivity index (χ4n) is 5.18. The summed E-state index contributed by atoms with van der Waals surface area (Å²) in [5.74, 6) is 0. The molecule has 4 rings (SSSR count). The topological polar surface area (TPSA) is 48.0 Å². The average Bonchev–Trinajstić information content (AvgIpc) is 2.89. The van der Waals surface area contributed by atoms with Gasteiger partial charge in [0.05, 0.1) is 13.2 Å². The number of piperidine rings is 1. The zero-order chi connectivity index (χ0) is 23.8. The minimum absolute atomic E-state index is 0.0111. The Kier molecular flexibility index (Phi) is 8.83. The van der Waals surface area contributed by atoms with E-state index in [9.17, 15) is 4.79 Å². The van der Waals surface area contributed by atoms with Crippen LogP contribution in [0.15, 0.2) is 54.6 Å². The highest BCUT2D eigenvalue weighted by atomic mass is 16.5. The first-order valence-electron chi connectivity index (χ1n) is 12.9. The second kappa shape index (κ2) is 12.2. The van der Waals surface area contributed by atoms with Crippen molar-refractivity contribution in [3.05, 3.63) is 60.2 Å². The Morgan fingerprint density at radius 3 is 2.50 bits per heavy atom. The molecule has 2 amide bonds. The number of amides is 2. The van der Waals surface area contributed by atoms with Gasteiger partial charge in [0, 0.05) is 56.2 Å². The van der Waals surface area contributed by atoms with Gasteiger partial charge in [-0.05, 0) is 49.9 Å². The first kappa shape index (κ1) is 24.6. The second-order valence-corrected chi connectivity index (χ2v) is 9.60. The van der Waals surface area contributed by atoms with Crippen molar-refractivity contribution >= 4 is 17.4 Å². The molecule has 0 saturated carbocycles. The summed E-state index contributed by atoms with van der Waals surface area (Å²) in [6.07, 6.45) is 4.48. The summed E-state index contributed by atoms with van der Waals surface area (Å²) in [5, 5.41) is 3.21. The van der Waals surface area contributed by atoms with E-state index in [4.69, 9.17) is 4.74 Å². The van der Waals surface area contributed by atoms with Crippen LogP contribution in [0.5, 0.6) is 0 Å². The van der Waals surface area contributed by atoms with Crippen LogP contribution in [0.1, 0.15) is 45.1 Å². The van der Waals surface area contributed by atoms with Gasteiger partial charge in [-0.2, -0.15) is 0 Å². The van der Waals surface area contributed by atoms with E-state index in [1.54, 1.807) is 0 Å². The monoisotopic (exact) mass is 464 g/mol. The number of urea groups is 1. The zero-order valence-electron chi connectivity index (χ0n) is 20.8. The van der Waals surface area contributed by atoms with Gasteiger partial charge in [-0.25, -0.2) is 4.79 Å². The summed E-state index contributed by atoms with van der Waals surface area (Å²) >= 11 is 0. The molecular formula is C28H40N4O2. The third-order valence-corrected chi connectivity index (χ3v) is 7.20. The van der Waals surface area contributed by atoms with Crippen molar-refractivity contribution in [3.8, 4) is 0 Å². The molecule has 6 heteroatoms. The zero-order valence-corrected chi connectivity index (χ0v) is 20.8. The quantitative estimate of drug-likeness (QED) is 0.583. The minimum atomic E-state index is -0.0111. The molecule has 34 heavy (non-hydrogen) atoms. The van der Waals surface area contributed by atoms with E-state index in [0.29, 0.717) is 12.6 Å². The van der Waals surface area contributed by atoms with Crippen LogP contribution in [-0.4, -0.2) is 67.3 Å². The fraction of sp³-hybridized carbons (Fsp3) is 0.536. The molecule has 1 atom stereocenters. The molecule has 0 aromatic heterocycles. The number of nitrogens with one attached hydrogen (secondary N) is 1. The second-order valence-electron chi connectivity index (χ2n) is 9.60. The summed E-state index contributed by atoms with van der Waals surface area (Å²) in [4.78, 5) is 20.5. The fourth-order valence-corrected chi connectivity index (χ4v) is 5.18. The molecular weight excluding hydrogens is 424 g/mol. The molecule has 0 spiro atoms. The van der Waals surface area contributed by atoms with E-state index in [1.165, 1.54) is 18.4 Å². The summed E-state index contributed by atoms with van der Waals surface area (Å²) in [7, 11) is 0. The van der Waals surface area contributed by atoms with Crippen molar-refractivity contribution in [2.45, 2.75) is 58.2 Å². The SMILES string of the molecule is CCCC(C)N1CCC(N(Cc2ccccc2)C(=O)Nc2cccc(N3CCOCC3)c2)CC1. The maximum absolute atomic E-state index is 13.6. The highest BCUT2D eigenvalue weighted by Gasteiger charge is 2.29. The van der Waals surface area contributed by atoms with Gasteiger partial charge < -0.3 is 24.8 Å². The molecule has 0 radical (unpaired) electrons. The Hall–Kier alpha value is -2.57. The van der Waals surface area contributed by atoms with Gasteiger partial charge in [-0.3, -0.25) is 0 Å². The van der Waals surface area contributed by atoms with Gasteiger partial charge in [-0.15, -0.1) is 0 Å². The number of benzene rings is 2. The molecule has 2 aromatic rings. The molecule has 2 aliphatic rings. The number of ether oxygens (including phenoxy) is 1. The van der Waals surface area contributed by atoms with E-state index in [0.717, 1.165) is 63.6 Å². The number of hydrogen-bond acceptors (Lipinski definition) is 4. The number of nitrogens with zero attached hydrogens (tertiary/aromatic N) is 3. The molecule has 6 nitrogen and oxygen atoms in total. The molecule has 1 N–H and O–H groups in total. The lowest BCUT2D eigenvalue weighted by molar-refractivity contribution is 0.0989. The van der Waals surface area contributed by atoms with E-state index < -0.39 is 0 Å². The average molecular weight is 465 g/mol. The third kappa shape index (κ3) is 6.51. The third-order valence-electron chi connectivity index (χ3n) is 7.20. The number of rotatable bonds is 8.